The van der Waals surface area contributed by atoms with Crippen molar-refractivity contribution >= 4 is 27.5 Å². The van der Waals surface area contributed by atoms with Gasteiger partial charge in [0.1, 0.15) is 5.82 Å². The van der Waals surface area contributed by atoms with Crippen molar-refractivity contribution in [3.8, 4) is 0 Å². The van der Waals surface area contributed by atoms with Crippen LogP contribution in [0.4, 0.5) is 0 Å². The lowest BCUT2D eigenvalue weighted by molar-refractivity contribution is 0.0947. The highest BCUT2D eigenvalue weighted by Crippen LogP contribution is 2.37. The fraction of sp³-hybridized carbons (Fsp3) is 0.421. The van der Waals surface area contributed by atoms with E-state index < -0.39 is 16.1 Å². The van der Waals surface area contributed by atoms with E-state index in [1.807, 2.05) is 0 Å². The van der Waals surface area contributed by atoms with E-state index >= 15 is 0 Å². The summed E-state index contributed by atoms with van der Waals surface area (Å²) in [6.45, 7) is 2.11. The molecule has 1 aromatic heterocycles. The Morgan fingerprint density at radius 2 is 1.93 bits per heavy atom. The van der Waals surface area contributed by atoms with E-state index in [-0.39, 0.29) is 16.8 Å². The van der Waals surface area contributed by atoms with Crippen LogP contribution in [-0.2, 0) is 10.0 Å². The van der Waals surface area contributed by atoms with E-state index in [0.29, 0.717) is 41.5 Å². The molecule has 2 heterocycles. The van der Waals surface area contributed by atoms with Gasteiger partial charge in [-0.3, -0.25) is 4.79 Å². The number of nitrogens with zero attached hydrogens (tertiary/aromatic N) is 3. The van der Waals surface area contributed by atoms with Gasteiger partial charge in [-0.25, -0.2) is 18.4 Å². The van der Waals surface area contributed by atoms with Crippen LogP contribution >= 0.6 is 11.6 Å². The van der Waals surface area contributed by atoms with Crippen molar-refractivity contribution in [2.24, 2.45) is 0 Å². The monoisotopic (exact) mass is 420 g/mol. The molecule has 1 saturated heterocycles. The first-order valence-electron chi connectivity index (χ1n) is 9.28. The molecule has 0 unspecified atom stereocenters. The second-order valence-corrected chi connectivity index (χ2v) is 9.52. The first-order valence-corrected chi connectivity index (χ1v) is 11.1. The van der Waals surface area contributed by atoms with Gasteiger partial charge < -0.3 is 5.32 Å². The van der Waals surface area contributed by atoms with Gasteiger partial charge in [-0.1, -0.05) is 11.6 Å². The van der Waals surface area contributed by atoms with Gasteiger partial charge >= 0.3 is 0 Å². The second-order valence-electron chi connectivity index (χ2n) is 7.19. The molecule has 1 aliphatic heterocycles. The van der Waals surface area contributed by atoms with Crippen LogP contribution in [0.2, 0.25) is 5.02 Å². The zero-order valence-electron chi connectivity index (χ0n) is 15.4. The molecule has 0 bridgehead atoms. The Bertz CT molecular complexity index is 1010. The molecule has 1 aliphatic carbocycles. The lowest BCUT2D eigenvalue weighted by Crippen LogP contribution is -2.34. The van der Waals surface area contributed by atoms with Gasteiger partial charge in [-0.05, 0) is 56.9 Å². The summed E-state index contributed by atoms with van der Waals surface area (Å²) in [6, 6.07) is 5.81. The Morgan fingerprint density at radius 1 is 1.21 bits per heavy atom. The standard InChI is InChI=1S/C19H21ClN4O3S/c1-12-21-11-16(19(25)23-14-6-7-14)18(22-12)17-3-2-10-24(17)28(26,27)15-8-4-13(20)5-9-15/h4-5,8-9,11,14,17H,2-3,6-7,10H2,1H3,(H,23,25)/t17-/m1/s1. The molecular formula is C19H21ClN4O3S. The third-order valence-electron chi connectivity index (χ3n) is 5.04. The maximum Gasteiger partial charge on any atom is 0.254 e. The molecule has 0 spiro atoms. The van der Waals surface area contributed by atoms with Crippen LogP contribution in [0.15, 0.2) is 35.4 Å². The van der Waals surface area contributed by atoms with Crippen LogP contribution in [0.1, 0.15) is 53.6 Å². The average molecular weight is 421 g/mol. The van der Waals surface area contributed by atoms with Gasteiger partial charge in [0.05, 0.1) is 22.2 Å². The quantitative estimate of drug-likeness (QED) is 0.802. The summed E-state index contributed by atoms with van der Waals surface area (Å²) < 4.78 is 27.9. The minimum absolute atomic E-state index is 0.179. The summed E-state index contributed by atoms with van der Waals surface area (Å²) >= 11 is 5.90. The van der Waals surface area contributed by atoms with Crippen molar-refractivity contribution in [2.45, 2.75) is 49.6 Å². The number of aromatic nitrogens is 2. The number of hydrogen-bond acceptors (Lipinski definition) is 5. The molecule has 1 N–H and O–H groups in total. The number of carbonyl (C=O) groups is 1. The van der Waals surface area contributed by atoms with Crippen molar-refractivity contribution in [1.82, 2.24) is 19.6 Å². The summed E-state index contributed by atoms with van der Waals surface area (Å²) in [5, 5.41) is 3.42. The van der Waals surface area contributed by atoms with E-state index in [1.54, 1.807) is 19.1 Å². The highest BCUT2D eigenvalue weighted by atomic mass is 35.5. The third-order valence-corrected chi connectivity index (χ3v) is 7.21. The average Bonchev–Trinajstić information content (AvgIpc) is 3.32. The first-order chi connectivity index (χ1) is 13.4. The number of hydrogen-bond donors (Lipinski definition) is 1. The summed E-state index contributed by atoms with van der Waals surface area (Å²) in [5.74, 6) is 0.266. The number of sulfonamides is 1. The molecular weight excluding hydrogens is 400 g/mol. The molecule has 2 aromatic rings. The van der Waals surface area contributed by atoms with E-state index in [2.05, 4.69) is 15.3 Å². The molecule has 0 radical (unpaired) electrons. The molecule has 2 aliphatic rings. The number of aryl methyl sites for hydroxylation is 1. The van der Waals surface area contributed by atoms with Gasteiger partial charge in [0.2, 0.25) is 10.0 Å². The lowest BCUT2D eigenvalue weighted by Gasteiger charge is -2.25. The summed E-state index contributed by atoms with van der Waals surface area (Å²) in [6.07, 6.45) is 4.74. The van der Waals surface area contributed by atoms with Crippen LogP contribution in [0.25, 0.3) is 0 Å². The molecule has 9 heteroatoms. The normalized spacial score (nSPS) is 20.3. The largest absolute Gasteiger partial charge is 0.349 e. The van der Waals surface area contributed by atoms with Gasteiger partial charge in [-0.15, -0.1) is 0 Å². The first kappa shape index (κ1) is 19.3. The van der Waals surface area contributed by atoms with Crippen molar-refractivity contribution < 1.29 is 13.2 Å². The van der Waals surface area contributed by atoms with Crippen LogP contribution in [0.3, 0.4) is 0 Å². The van der Waals surface area contributed by atoms with Gasteiger partial charge in [-0.2, -0.15) is 4.31 Å². The molecule has 2 fully saturated rings. The SMILES string of the molecule is Cc1ncc(C(=O)NC2CC2)c([C@H]2CCCN2S(=O)(=O)c2ccc(Cl)cc2)n1. The Balaban J connectivity index is 1.71. The Morgan fingerprint density at radius 3 is 2.61 bits per heavy atom. The Kier molecular flexibility index (Phi) is 5.11. The molecule has 148 valence electrons. The minimum Gasteiger partial charge on any atom is -0.349 e. The molecule has 4 rings (SSSR count). The van der Waals surface area contributed by atoms with Crippen LogP contribution < -0.4 is 5.32 Å². The van der Waals surface area contributed by atoms with Gasteiger partial charge in [0, 0.05) is 23.8 Å². The topological polar surface area (TPSA) is 92.3 Å². The van der Waals surface area contributed by atoms with Crippen molar-refractivity contribution in [1.29, 1.82) is 0 Å². The van der Waals surface area contributed by atoms with E-state index in [1.165, 1.54) is 22.6 Å². The third kappa shape index (κ3) is 3.76. The predicted octanol–water partition coefficient (Wildman–Crippen LogP) is 2.86. The van der Waals surface area contributed by atoms with E-state index in [9.17, 15) is 13.2 Å². The molecule has 7 nitrogen and oxygen atoms in total. The molecule has 1 amide bonds. The number of benzene rings is 1. The molecule has 1 aromatic carbocycles. The van der Waals surface area contributed by atoms with Gasteiger partial charge in [0.15, 0.2) is 0 Å². The molecule has 1 saturated carbocycles. The predicted molar refractivity (Wildman–Crippen MR) is 105 cm³/mol. The number of rotatable bonds is 5. The highest BCUT2D eigenvalue weighted by Gasteiger charge is 2.39. The highest BCUT2D eigenvalue weighted by molar-refractivity contribution is 7.89. The van der Waals surface area contributed by atoms with E-state index in [4.69, 9.17) is 11.6 Å². The van der Waals surface area contributed by atoms with Crippen molar-refractivity contribution in [2.75, 3.05) is 6.54 Å². The lowest BCUT2D eigenvalue weighted by atomic mass is 10.1. The molecule has 28 heavy (non-hydrogen) atoms. The van der Waals surface area contributed by atoms with Crippen LogP contribution in [-0.4, -0.2) is 41.2 Å². The summed E-state index contributed by atoms with van der Waals surface area (Å²) in [4.78, 5) is 21.5. The van der Waals surface area contributed by atoms with Crippen molar-refractivity contribution in [3.63, 3.8) is 0 Å². The Hall–Kier alpha value is -2.03. The summed E-state index contributed by atoms with van der Waals surface area (Å²) in [7, 11) is -3.74. The number of amides is 1. The summed E-state index contributed by atoms with van der Waals surface area (Å²) in [5.41, 5.74) is 0.821. The van der Waals surface area contributed by atoms with Gasteiger partial charge in [0.25, 0.3) is 5.91 Å². The molecule has 1 atom stereocenters. The smallest absolute Gasteiger partial charge is 0.254 e. The fourth-order valence-electron chi connectivity index (χ4n) is 3.45. The second kappa shape index (κ2) is 7.42. The maximum atomic E-state index is 13.2. The minimum atomic E-state index is -3.74. The van der Waals surface area contributed by atoms with Crippen molar-refractivity contribution in [3.05, 3.63) is 52.6 Å². The number of nitrogens with one attached hydrogen (secondary N) is 1. The zero-order chi connectivity index (χ0) is 19.9. The van der Waals surface area contributed by atoms with E-state index in [0.717, 1.165) is 12.8 Å². The van der Waals surface area contributed by atoms with Crippen LogP contribution in [0.5, 0.6) is 0 Å². The van der Waals surface area contributed by atoms with Crippen LogP contribution in [0, 0.1) is 6.92 Å². The fourth-order valence-corrected chi connectivity index (χ4v) is 5.24. The maximum absolute atomic E-state index is 13.2. The number of carbonyl (C=O) groups excluding carboxylic acids is 1. The number of halogens is 1. The Labute approximate surface area is 169 Å². The zero-order valence-corrected chi connectivity index (χ0v) is 17.0.